The van der Waals surface area contributed by atoms with Crippen LogP contribution in [0.5, 0.6) is 0 Å². The molecule has 2 aromatic rings. The van der Waals surface area contributed by atoms with Gasteiger partial charge in [0.2, 0.25) is 0 Å². The first-order chi connectivity index (χ1) is 6.36. The van der Waals surface area contributed by atoms with E-state index in [1.807, 2.05) is 0 Å². The Hall–Kier alpha value is -1.16. The number of halogens is 1. The van der Waals surface area contributed by atoms with Gasteiger partial charge in [-0.15, -0.1) is 0 Å². The van der Waals surface area contributed by atoms with Crippen molar-refractivity contribution >= 4 is 33.6 Å². The fraction of sp³-hybridized carbons (Fsp3) is 0.125. The molecule has 64 valence electrons. The topological polar surface area (TPSA) is 65.4 Å². The lowest BCUT2D eigenvalue weighted by atomic mass is 10.2. The molecule has 0 aromatic carbocycles. The van der Waals surface area contributed by atoms with Gasteiger partial charge in [-0.05, 0) is 0 Å². The van der Waals surface area contributed by atoms with Gasteiger partial charge in [0.15, 0.2) is 0 Å². The first-order valence-electron chi connectivity index (χ1n) is 3.64. The van der Waals surface area contributed by atoms with Gasteiger partial charge in [0, 0.05) is 10.6 Å². The summed E-state index contributed by atoms with van der Waals surface area (Å²) in [6, 6.07) is 2.11. The largest absolute Gasteiger partial charge is 0.345 e. The van der Waals surface area contributed by atoms with Gasteiger partial charge in [0.1, 0.15) is 18.0 Å². The summed E-state index contributed by atoms with van der Waals surface area (Å²) < 4.78 is 0.781. The molecule has 2 aromatic heterocycles. The van der Waals surface area contributed by atoms with Crippen LogP contribution in [-0.2, 0) is 4.43 Å². The molecular formula is C8H5IN4. The molecule has 1 N–H and O–H groups in total. The third-order valence-electron chi connectivity index (χ3n) is 1.80. The number of fused-ring (bicyclic) bond motifs is 1. The molecule has 2 heterocycles. The Morgan fingerprint density at radius 3 is 3.08 bits per heavy atom. The van der Waals surface area contributed by atoms with E-state index in [2.05, 4.69) is 43.6 Å². The van der Waals surface area contributed by atoms with Crippen molar-refractivity contribution in [1.29, 1.82) is 5.26 Å². The third kappa shape index (κ3) is 1.27. The molecule has 0 aliphatic carbocycles. The van der Waals surface area contributed by atoms with Crippen LogP contribution in [0.4, 0.5) is 0 Å². The van der Waals surface area contributed by atoms with Crippen LogP contribution in [0, 0.1) is 11.3 Å². The predicted octanol–water partition coefficient (Wildman–Crippen LogP) is 1.76. The van der Waals surface area contributed by atoms with Crippen molar-refractivity contribution in [2.45, 2.75) is 4.43 Å². The summed E-state index contributed by atoms with van der Waals surface area (Å²) in [6.45, 7) is 0. The van der Waals surface area contributed by atoms with Gasteiger partial charge in [-0.25, -0.2) is 9.97 Å². The van der Waals surface area contributed by atoms with Crippen molar-refractivity contribution in [2.24, 2.45) is 0 Å². The number of nitrogens with zero attached hydrogens (tertiary/aromatic N) is 3. The molecule has 0 saturated heterocycles. The zero-order valence-electron chi connectivity index (χ0n) is 6.58. The van der Waals surface area contributed by atoms with Crippen LogP contribution < -0.4 is 0 Å². The zero-order valence-corrected chi connectivity index (χ0v) is 8.74. The first-order valence-corrected chi connectivity index (χ1v) is 5.16. The Balaban J connectivity index is 2.85. The number of rotatable bonds is 1. The van der Waals surface area contributed by atoms with E-state index < -0.39 is 0 Å². The lowest BCUT2D eigenvalue weighted by Gasteiger charge is -1.95. The molecule has 0 aliphatic heterocycles. The van der Waals surface area contributed by atoms with Crippen LogP contribution in [0.2, 0.25) is 0 Å². The van der Waals surface area contributed by atoms with Gasteiger partial charge in [-0.3, -0.25) is 0 Å². The highest BCUT2D eigenvalue weighted by molar-refractivity contribution is 14.1. The predicted molar refractivity (Wildman–Crippen MR) is 56.3 cm³/mol. The summed E-state index contributed by atoms with van der Waals surface area (Å²) in [4.78, 5) is 11.1. The Bertz CT molecular complexity index is 482. The minimum Gasteiger partial charge on any atom is -0.345 e. The van der Waals surface area contributed by atoms with Crippen LogP contribution >= 0.6 is 22.6 Å². The summed E-state index contributed by atoms with van der Waals surface area (Å²) in [6.07, 6.45) is 3.17. The lowest BCUT2D eigenvalue weighted by molar-refractivity contribution is 1.14. The highest BCUT2D eigenvalue weighted by Gasteiger charge is 2.08. The van der Waals surface area contributed by atoms with Gasteiger partial charge in [0.25, 0.3) is 0 Å². The van der Waals surface area contributed by atoms with E-state index in [0.29, 0.717) is 5.56 Å². The van der Waals surface area contributed by atoms with Gasteiger partial charge < -0.3 is 4.98 Å². The van der Waals surface area contributed by atoms with Crippen molar-refractivity contribution in [3.8, 4) is 6.07 Å². The first kappa shape index (κ1) is 8.44. The summed E-state index contributed by atoms with van der Waals surface area (Å²) in [7, 11) is 0. The monoisotopic (exact) mass is 284 g/mol. The highest BCUT2D eigenvalue weighted by atomic mass is 127. The number of nitrogens with one attached hydrogen (secondary N) is 1. The summed E-state index contributed by atoms with van der Waals surface area (Å²) in [5.74, 6) is 0. The van der Waals surface area contributed by atoms with Crippen molar-refractivity contribution in [1.82, 2.24) is 15.0 Å². The average Bonchev–Trinajstić information content (AvgIpc) is 2.60. The Morgan fingerprint density at radius 2 is 2.38 bits per heavy atom. The number of aromatic nitrogens is 3. The van der Waals surface area contributed by atoms with E-state index in [1.54, 1.807) is 6.20 Å². The molecule has 0 bridgehead atoms. The number of H-pyrrole nitrogens is 1. The number of alkyl halides is 1. The fourth-order valence-electron chi connectivity index (χ4n) is 1.22. The van der Waals surface area contributed by atoms with Crippen LogP contribution in [0.25, 0.3) is 11.0 Å². The number of aromatic amines is 1. The van der Waals surface area contributed by atoms with Crippen molar-refractivity contribution in [2.75, 3.05) is 0 Å². The molecule has 0 fully saturated rings. The maximum Gasteiger partial charge on any atom is 0.142 e. The molecular weight excluding hydrogens is 279 g/mol. The molecule has 0 spiro atoms. The summed E-state index contributed by atoms with van der Waals surface area (Å²) in [5, 5.41) is 9.66. The van der Waals surface area contributed by atoms with Crippen LogP contribution in [0.3, 0.4) is 0 Å². The van der Waals surface area contributed by atoms with Gasteiger partial charge in [-0.2, -0.15) is 5.26 Å². The third-order valence-corrected chi connectivity index (χ3v) is 2.52. The molecule has 0 saturated carbocycles. The van der Waals surface area contributed by atoms with E-state index in [1.165, 1.54) is 6.33 Å². The molecule has 0 amide bonds. The molecule has 5 heteroatoms. The normalized spacial score (nSPS) is 10.2. The lowest BCUT2D eigenvalue weighted by Crippen LogP contribution is -1.89. The average molecular weight is 284 g/mol. The summed E-state index contributed by atoms with van der Waals surface area (Å²) >= 11 is 2.22. The van der Waals surface area contributed by atoms with Crippen LogP contribution in [0.15, 0.2) is 12.5 Å². The molecule has 0 atom stereocenters. The van der Waals surface area contributed by atoms with Crippen molar-refractivity contribution in [3.63, 3.8) is 0 Å². The van der Waals surface area contributed by atoms with Gasteiger partial charge in [0.05, 0.1) is 16.6 Å². The maximum absolute atomic E-state index is 8.82. The van der Waals surface area contributed by atoms with E-state index in [-0.39, 0.29) is 0 Å². The second kappa shape index (κ2) is 3.30. The molecule has 4 nitrogen and oxygen atoms in total. The SMILES string of the molecule is N#Cc1c[nH]c2ncnc(CI)c12. The maximum atomic E-state index is 8.82. The van der Waals surface area contributed by atoms with E-state index >= 15 is 0 Å². The Morgan fingerprint density at radius 1 is 1.54 bits per heavy atom. The minimum atomic E-state index is 0.613. The minimum absolute atomic E-state index is 0.613. The number of nitriles is 1. The standard InChI is InChI=1S/C8H5IN4/c9-1-6-7-5(2-10)3-11-8(7)13-4-12-6/h3-4H,1H2,(H,11,12,13). The molecule has 13 heavy (non-hydrogen) atoms. The molecule has 0 unspecified atom stereocenters. The van der Waals surface area contributed by atoms with E-state index in [0.717, 1.165) is 21.2 Å². The second-order valence-electron chi connectivity index (χ2n) is 2.49. The highest BCUT2D eigenvalue weighted by Crippen LogP contribution is 2.19. The second-order valence-corrected chi connectivity index (χ2v) is 3.25. The number of hydrogen-bond acceptors (Lipinski definition) is 3. The van der Waals surface area contributed by atoms with E-state index in [9.17, 15) is 0 Å². The zero-order chi connectivity index (χ0) is 9.26. The van der Waals surface area contributed by atoms with Crippen molar-refractivity contribution < 1.29 is 0 Å². The van der Waals surface area contributed by atoms with Crippen LogP contribution in [-0.4, -0.2) is 15.0 Å². The summed E-state index contributed by atoms with van der Waals surface area (Å²) in [5.41, 5.74) is 2.25. The van der Waals surface area contributed by atoms with Crippen LogP contribution in [0.1, 0.15) is 11.3 Å². The molecule has 2 rings (SSSR count). The van der Waals surface area contributed by atoms with Gasteiger partial charge >= 0.3 is 0 Å². The molecule has 0 aliphatic rings. The molecule has 0 radical (unpaired) electrons. The Kier molecular flexibility index (Phi) is 2.14. The van der Waals surface area contributed by atoms with Crippen molar-refractivity contribution in [3.05, 3.63) is 23.8 Å². The Labute approximate surface area is 88.1 Å². The number of hydrogen-bond donors (Lipinski definition) is 1. The smallest absolute Gasteiger partial charge is 0.142 e. The van der Waals surface area contributed by atoms with E-state index in [4.69, 9.17) is 5.26 Å². The quantitative estimate of drug-likeness (QED) is 0.641. The van der Waals surface area contributed by atoms with Gasteiger partial charge in [-0.1, -0.05) is 22.6 Å². The fourth-order valence-corrected chi connectivity index (χ4v) is 1.80.